The largest absolute Gasteiger partial charge is 0.456 e. The van der Waals surface area contributed by atoms with Crippen molar-refractivity contribution in [3.05, 3.63) is 71.9 Å². The molecule has 0 saturated heterocycles. The summed E-state index contributed by atoms with van der Waals surface area (Å²) in [6, 6.07) is 10.3. The number of nitrogens with one attached hydrogen (secondary N) is 1. The molecule has 0 spiro atoms. The number of carbonyl (C=O) groups excluding carboxylic acids is 1. The van der Waals surface area contributed by atoms with E-state index in [1.165, 1.54) is 0 Å². The Bertz CT molecular complexity index is 1490. The second-order valence-corrected chi connectivity index (χ2v) is 12.2. The van der Waals surface area contributed by atoms with E-state index in [4.69, 9.17) is 4.74 Å². The summed E-state index contributed by atoms with van der Waals surface area (Å²) < 4.78 is 35.7. The summed E-state index contributed by atoms with van der Waals surface area (Å²) in [5.41, 5.74) is 1.58. The third-order valence-electron chi connectivity index (χ3n) is 5.87. The van der Waals surface area contributed by atoms with Gasteiger partial charge < -0.3 is 10.1 Å². The number of hydrogen-bond acceptors (Lipinski definition) is 5. The van der Waals surface area contributed by atoms with Crippen molar-refractivity contribution in [1.29, 1.82) is 0 Å². The van der Waals surface area contributed by atoms with Gasteiger partial charge in [-0.15, -0.1) is 0 Å². The van der Waals surface area contributed by atoms with Crippen LogP contribution < -0.4 is 10.1 Å². The predicted octanol–water partition coefficient (Wildman–Crippen LogP) is 6.12. The number of anilines is 1. The van der Waals surface area contributed by atoms with E-state index in [1.54, 1.807) is 66.6 Å². The monoisotopic (exact) mass is 522 g/mol. The molecular weight excluding hydrogens is 491 g/mol. The molecule has 0 aliphatic heterocycles. The van der Waals surface area contributed by atoms with E-state index in [-0.39, 0.29) is 34.2 Å². The Kier molecular flexibility index (Phi) is 7.45. The molecule has 0 saturated carbocycles. The lowest BCUT2D eigenvalue weighted by Gasteiger charge is -2.18. The number of rotatable bonds is 7. The van der Waals surface area contributed by atoms with Crippen molar-refractivity contribution < 1.29 is 18.1 Å². The number of benzene rings is 2. The number of fused-ring (bicyclic) bond motifs is 1. The highest BCUT2D eigenvalue weighted by Gasteiger charge is 2.18. The number of ether oxygens (including phenoxy) is 1. The van der Waals surface area contributed by atoms with Crippen molar-refractivity contribution in [2.45, 2.75) is 63.6 Å². The Morgan fingerprint density at radius 2 is 1.92 bits per heavy atom. The summed E-state index contributed by atoms with van der Waals surface area (Å²) in [5, 5.41) is 7.69. The second-order valence-electron chi connectivity index (χ2n) is 10.2. The molecule has 0 bridgehead atoms. The number of carbonyl (C=O) groups is 1. The molecule has 37 heavy (non-hydrogen) atoms. The first-order chi connectivity index (χ1) is 17.4. The summed E-state index contributed by atoms with van der Waals surface area (Å²) >= 11 is 0. The van der Waals surface area contributed by atoms with E-state index in [9.17, 15) is 9.00 Å². The summed E-state index contributed by atoms with van der Waals surface area (Å²) in [4.78, 5) is 17.6. The van der Waals surface area contributed by atoms with Crippen LogP contribution in [0.4, 0.5) is 10.1 Å². The van der Waals surface area contributed by atoms with Gasteiger partial charge in [-0.25, -0.2) is 4.39 Å². The average molecular weight is 523 g/mol. The number of nitrogens with zero attached hydrogens (tertiary/aromatic N) is 3. The summed E-state index contributed by atoms with van der Waals surface area (Å²) in [5.74, 6) is -0.0308. The fraction of sp³-hybridized carbons (Fsp3) is 0.321. The minimum absolute atomic E-state index is 0.0331. The van der Waals surface area contributed by atoms with Gasteiger partial charge in [0.1, 0.15) is 17.3 Å². The first-order valence-electron chi connectivity index (χ1n) is 12.0. The van der Waals surface area contributed by atoms with Crippen LogP contribution in [0.15, 0.2) is 59.9 Å². The maximum atomic E-state index is 15.3. The van der Waals surface area contributed by atoms with Gasteiger partial charge in [0.05, 0.1) is 40.2 Å². The molecule has 194 valence electrons. The van der Waals surface area contributed by atoms with Crippen LogP contribution in [0.25, 0.3) is 10.9 Å². The SMILES string of the molecule is Cc1c(Oc2ccnc3ccc(S(=O)C(C)C)cc23)ccc(CC(=O)Nc2cnn(C(C)(C)C)c2)c1F. The minimum atomic E-state index is -1.17. The molecule has 0 aliphatic carbocycles. The molecule has 1 N–H and O–H groups in total. The summed E-state index contributed by atoms with van der Waals surface area (Å²) in [6.45, 7) is 11.4. The molecule has 2 aromatic heterocycles. The lowest BCUT2D eigenvalue weighted by molar-refractivity contribution is -0.115. The van der Waals surface area contributed by atoms with Gasteiger partial charge in [-0.2, -0.15) is 5.10 Å². The molecule has 2 heterocycles. The van der Waals surface area contributed by atoms with Gasteiger partial charge in [0.25, 0.3) is 0 Å². The first-order valence-corrected chi connectivity index (χ1v) is 13.3. The lowest BCUT2D eigenvalue weighted by atomic mass is 10.1. The molecule has 0 aliphatic rings. The van der Waals surface area contributed by atoms with Crippen molar-refractivity contribution in [3.63, 3.8) is 0 Å². The van der Waals surface area contributed by atoms with Crippen molar-refractivity contribution >= 4 is 33.3 Å². The zero-order valence-electron chi connectivity index (χ0n) is 21.8. The Labute approximate surface area is 218 Å². The molecule has 4 rings (SSSR count). The number of hydrogen-bond donors (Lipinski definition) is 1. The highest BCUT2D eigenvalue weighted by Crippen LogP contribution is 2.33. The lowest BCUT2D eigenvalue weighted by Crippen LogP contribution is -2.22. The van der Waals surface area contributed by atoms with Gasteiger partial charge >= 0.3 is 0 Å². The van der Waals surface area contributed by atoms with E-state index in [2.05, 4.69) is 15.4 Å². The van der Waals surface area contributed by atoms with E-state index in [1.807, 2.05) is 34.6 Å². The van der Waals surface area contributed by atoms with E-state index < -0.39 is 16.6 Å². The Hall–Kier alpha value is -3.59. The molecule has 4 aromatic rings. The van der Waals surface area contributed by atoms with Crippen LogP contribution >= 0.6 is 0 Å². The number of halogens is 1. The van der Waals surface area contributed by atoms with E-state index in [0.29, 0.717) is 33.0 Å². The molecule has 7 nitrogen and oxygen atoms in total. The van der Waals surface area contributed by atoms with Gasteiger partial charge in [-0.3, -0.25) is 18.7 Å². The fourth-order valence-corrected chi connectivity index (χ4v) is 4.79. The normalized spacial score (nSPS) is 12.6. The average Bonchev–Trinajstić information content (AvgIpc) is 3.32. The molecule has 1 unspecified atom stereocenters. The highest BCUT2D eigenvalue weighted by atomic mass is 32.2. The Balaban J connectivity index is 1.54. The standard InChI is InChI=1S/C28H31FN4O3S/c1-17(2)37(35)21-8-9-23-22(14-21)25(11-12-30-23)36-24-10-7-19(27(29)18(24)3)13-26(34)32-20-15-31-33(16-20)28(4,5)6/h7-12,14-17H,13H2,1-6H3,(H,32,34). The van der Waals surface area contributed by atoms with Crippen LogP contribution in [0.2, 0.25) is 0 Å². The van der Waals surface area contributed by atoms with Crippen molar-refractivity contribution in [1.82, 2.24) is 14.8 Å². The topological polar surface area (TPSA) is 86.1 Å². The smallest absolute Gasteiger partial charge is 0.228 e. The number of pyridine rings is 1. The van der Waals surface area contributed by atoms with Crippen LogP contribution in [-0.4, -0.2) is 30.1 Å². The third kappa shape index (κ3) is 5.88. The molecule has 0 fully saturated rings. The van der Waals surface area contributed by atoms with Gasteiger partial charge in [-0.05, 0) is 63.6 Å². The number of amides is 1. The molecule has 9 heteroatoms. The van der Waals surface area contributed by atoms with E-state index in [0.717, 1.165) is 0 Å². The molecule has 1 atom stereocenters. The first kappa shape index (κ1) is 26.5. The summed E-state index contributed by atoms with van der Waals surface area (Å²) in [7, 11) is -1.17. The Morgan fingerprint density at radius 1 is 1.16 bits per heavy atom. The maximum absolute atomic E-state index is 15.3. The quantitative estimate of drug-likeness (QED) is 0.316. The zero-order chi connectivity index (χ0) is 26.9. The molecule has 1 amide bonds. The van der Waals surface area contributed by atoms with Crippen LogP contribution in [-0.2, 0) is 27.6 Å². The van der Waals surface area contributed by atoms with Crippen molar-refractivity contribution in [3.8, 4) is 11.5 Å². The van der Waals surface area contributed by atoms with Gasteiger partial charge in [0.2, 0.25) is 5.91 Å². The van der Waals surface area contributed by atoms with Crippen molar-refractivity contribution in [2.24, 2.45) is 0 Å². The van der Waals surface area contributed by atoms with Gasteiger partial charge in [-0.1, -0.05) is 19.9 Å². The van der Waals surface area contributed by atoms with Gasteiger partial charge in [0.15, 0.2) is 0 Å². The molecular formula is C28H31FN4O3S. The predicted molar refractivity (Wildman–Crippen MR) is 144 cm³/mol. The van der Waals surface area contributed by atoms with Crippen LogP contribution in [0.5, 0.6) is 11.5 Å². The van der Waals surface area contributed by atoms with E-state index >= 15 is 4.39 Å². The van der Waals surface area contributed by atoms with Gasteiger partial charge in [0, 0.05) is 33.5 Å². The molecule has 0 radical (unpaired) electrons. The maximum Gasteiger partial charge on any atom is 0.228 e. The van der Waals surface area contributed by atoms with Crippen LogP contribution in [0.1, 0.15) is 45.7 Å². The summed E-state index contributed by atoms with van der Waals surface area (Å²) in [6.07, 6.45) is 4.81. The molecule has 2 aromatic carbocycles. The third-order valence-corrected chi connectivity index (χ3v) is 7.45. The zero-order valence-corrected chi connectivity index (χ0v) is 22.6. The van der Waals surface area contributed by atoms with Crippen molar-refractivity contribution in [2.75, 3.05) is 5.32 Å². The van der Waals surface area contributed by atoms with Crippen LogP contribution in [0, 0.1) is 12.7 Å². The fourth-order valence-electron chi connectivity index (χ4n) is 3.81. The van der Waals surface area contributed by atoms with Crippen LogP contribution in [0.3, 0.4) is 0 Å². The highest BCUT2D eigenvalue weighted by molar-refractivity contribution is 7.85. The minimum Gasteiger partial charge on any atom is -0.456 e. The second kappa shape index (κ2) is 10.4. The Morgan fingerprint density at radius 3 is 2.59 bits per heavy atom. The number of aromatic nitrogens is 3.